The number of amides is 1. The number of hydrogen-bond donors (Lipinski definition) is 2. The van der Waals surface area contributed by atoms with Crippen molar-refractivity contribution in [3.05, 3.63) is 11.1 Å². The fourth-order valence-corrected chi connectivity index (χ4v) is 6.51. The first kappa shape index (κ1) is 42.7. The number of carboxylic acid groups (broad SMARTS) is 1. The summed E-state index contributed by atoms with van der Waals surface area (Å²) in [7, 11) is 0. The summed E-state index contributed by atoms with van der Waals surface area (Å²) in [6.45, 7) is 4.55. The van der Waals surface area contributed by atoms with Crippen LogP contribution in [0.2, 0.25) is 0 Å². The van der Waals surface area contributed by atoms with Crippen LogP contribution in [0.1, 0.15) is 232 Å². The number of carbonyl (C=O) groups is 2. The first-order valence-corrected chi connectivity index (χ1v) is 19.8. The van der Waals surface area contributed by atoms with E-state index in [1.165, 1.54) is 167 Å². The van der Waals surface area contributed by atoms with Crippen LogP contribution in [0.25, 0.3) is 0 Å². The summed E-state index contributed by atoms with van der Waals surface area (Å²) >= 11 is 0. The zero-order valence-electron chi connectivity index (χ0n) is 29.9. The second-order valence-corrected chi connectivity index (χ2v) is 13.7. The van der Waals surface area contributed by atoms with Gasteiger partial charge < -0.3 is 10.8 Å². The molecule has 0 aliphatic heterocycles. The van der Waals surface area contributed by atoms with Gasteiger partial charge in [0.25, 0.3) is 0 Å². The molecule has 3 N–H and O–H groups in total. The molecule has 0 saturated carbocycles. The molecule has 0 bridgehead atoms. The number of carbonyl (C=O) groups excluding carboxylic acids is 1. The molecule has 0 saturated heterocycles. The van der Waals surface area contributed by atoms with Gasteiger partial charge in [-0.25, -0.2) is 4.79 Å². The molecule has 0 aromatic rings. The predicted octanol–water partition coefficient (Wildman–Crippen LogP) is 13.2. The van der Waals surface area contributed by atoms with Gasteiger partial charge in [0.15, 0.2) is 0 Å². The van der Waals surface area contributed by atoms with Crippen LogP contribution in [0, 0.1) is 0 Å². The Hall–Kier alpha value is -1.32. The van der Waals surface area contributed by atoms with Gasteiger partial charge in [0.05, 0.1) is 0 Å². The molecule has 0 unspecified atom stereocenters. The average Bonchev–Trinajstić information content (AvgIpc) is 3.00. The minimum atomic E-state index is -0.962. The highest BCUT2D eigenvalue weighted by molar-refractivity contribution is 6.01. The van der Waals surface area contributed by atoms with Crippen LogP contribution in [-0.2, 0) is 9.59 Å². The number of rotatable bonds is 36. The molecular formula is C40H77NO3. The summed E-state index contributed by atoms with van der Waals surface area (Å²) in [4.78, 5) is 24.1. The third-order valence-electron chi connectivity index (χ3n) is 9.48. The van der Waals surface area contributed by atoms with Crippen molar-refractivity contribution < 1.29 is 14.7 Å². The summed E-state index contributed by atoms with van der Waals surface area (Å²) in [5.41, 5.74) is 6.27. The molecule has 1 amide bonds. The fraction of sp³-hybridized carbons (Fsp3) is 0.900. The number of primary amides is 1. The molecular weight excluding hydrogens is 542 g/mol. The van der Waals surface area contributed by atoms with Crippen molar-refractivity contribution in [3.8, 4) is 0 Å². The van der Waals surface area contributed by atoms with E-state index in [0.717, 1.165) is 38.5 Å². The lowest BCUT2D eigenvalue weighted by Crippen LogP contribution is -2.19. The van der Waals surface area contributed by atoms with Gasteiger partial charge in [0, 0.05) is 11.1 Å². The summed E-state index contributed by atoms with van der Waals surface area (Å²) in [5.74, 6) is -1.50. The lowest BCUT2D eigenvalue weighted by Gasteiger charge is -2.10. The highest BCUT2D eigenvalue weighted by atomic mass is 16.4. The molecule has 0 fully saturated rings. The van der Waals surface area contributed by atoms with Crippen molar-refractivity contribution in [3.63, 3.8) is 0 Å². The lowest BCUT2D eigenvalue weighted by molar-refractivity contribution is -0.133. The average molecular weight is 620 g/mol. The molecule has 0 radical (unpaired) electrons. The fourth-order valence-electron chi connectivity index (χ4n) is 6.51. The molecule has 0 rings (SSSR count). The van der Waals surface area contributed by atoms with Gasteiger partial charge in [-0.1, -0.05) is 206 Å². The summed E-state index contributed by atoms with van der Waals surface area (Å²) in [6, 6.07) is 0. The molecule has 4 heteroatoms. The number of carboxylic acids is 1. The van der Waals surface area contributed by atoms with Gasteiger partial charge in [-0.3, -0.25) is 4.79 Å². The SMILES string of the molecule is CCCCCCCCCCCCCCCCCC/C(C(N)=O)=C(\CCCCCCCCCCCCCCCCCC)C(=O)O. The van der Waals surface area contributed by atoms with Crippen molar-refractivity contribution in [1.82, 2.24) is 0 Å². The van der Waals surface area contributed by atoms with Crippen molar-refractivity contribution in [2.45, 2.75) is 232 Å². The van der Waals surface area contributed by atoms with Crippen molar-refractivity contribution in [2.24, 2.45) is 5.73 Å². The van der Waals surface area contributed by atoms with E-state index in [-0.39, 0.29) is 5.57 Å². The van der Waals surface area contributed by atoms with E-state index in [0.29, 0.717) is 18.4 Å². The minimum Gasteiger partial charge on any atom is -0.478 e. The molecule has 0 atom stereocenters. The largest absolute Gasteiger partial charge is 0.478 e. The molecule has 0 heterocycles. The summed E-state index contributed by atoms with van der Waals surface area (Å²) in [5, 5.41) is 9.79. The zero-order chi connectivity index (χ0) is 32.4. The maximum atomic E-state index is 12.1. The zero-order valence-corrected chi connectivity index (χ0v) is 29.9. The van der Waals surface area contributed by atoms with Gasteiger partial charge in [0.2, 0.25) is 5.91 Å². The second kappa shape index (κ2) is 34.6. The van der Waals surface area contributed by atoms with Crippen LogP contribution in [0.4, 0.5) is 0 Å². The van der Waals surface area contributed by atoms with E-state index in [1.807, 2.05) is 0 Å². The Labute approximate surface area is 275 Å². The minimum absolute atomic E-state index is 0.267. The molecule has 0 aromatic heterocycles. The quantitative estimate of drug-likeness (QED) is 0.0540. The third kappa shape index (κ3) is 29.4. The molecule has 4 nitrogen and oxygen atoms in total. The lowest BCUT2D eigenvalue weighted by atomic mass is 9.95. The Morgan fingerprint density at radius 2 is 0.568 bits per heavy atom. The van der Waals surface area contributed by atoms with E-state index in [9.17, 15) is 14.7 Å². The van der Waals surface area contributed by atoms with E-state index < -0.39 is 11.9 Å². The Morgan fingerprint density at radius 1 is 0.364 bits per heavy atom. The number of nitrogens with two attached hydrogens (primary N) is 1. The summed E-state index contributed by atoms with van der Waals surface area (Å²) in [6.07, 6.45) is 42.5. The molecule has 260 valence electrons. The monoisotopic (exact) mass is 620 g/mol. The second-order valence-electron chi connectivity index (χ2n) is 13.7. The van der Waals surface area contributed by atoms with Crippen LogP contribution in [0.15, 0.2) is 11.1 Å². The molecule has 44 heavy (non-hydrogen) atoms. The molecule has 0 aromatic carbocycles. The van der Waals surface area contributed by atoms with E-state index in [1.54, 1.807) is 0 Å². The van der Waals surface area contributed by atoms with Gasteiger partial charge in [-0.2, -0.15) is 0 Å². The first-order chi connectivity index (χ1) is 21.5. The van der Waals surface area contributed by atoms with Crippen molar-refractivity contribution in [1.29, 1.82) is 0 Å². The van der Waals surface area contributed by atoms with E-state index in [2.05, 4.69) is 13.8 Å². The standard InChI is InChI=1S/C40H77NO3/c1-3-5-7-9-11-13-15-17-19-21-23-25-27-29-31-33-35-37(39(41)42)38(40(43)44)36-34-32-30-28-26-24-22-20-18-16-14-12-10-8-6-4-2/h3-36H2,1-2H3,(H2,41,42)(H,43,44)/b38-37-. The summed E-state index contributed by atoms with van der Waals surface area (Å²) < 4.78 is 0. The predicted molar refractivity (Wildman–Crippen MR) is 192 cm³/mol. The molecule has 0 aliphatic carbocycles. The topological polar surface area (TPSA) is 80.4 Å². The van der Waals surface area contributed by atoms with Crippen LogP contribution in [0.3, 0.4) is 0 Å². The maximum Gasteiger partial charge on any atom is 0.332 e. The van der Waals surface area contributed by atoms with Crippen molar-refractivity contribution >= 4 is 11.9 Å². The van der Waals surface area contributed by atoms with Crippen LogP contribution in [0.5, 0.6) is 0 Å². The number of aliphatic carboxylic acids is 1. The van der Waals surface area contributed by atoms with Crippen molar-refractivity contribution in [2.75, 3.05) is 0 Å². The Balaban J connectivity index is 3.84. The highest BCUT2D eigenvalue weighted by Gasteiger charge is 2.18. The third-order valence-corrected chi connectivity index (χ3v) is 9.48. The molecule has 0 aliphatic rings. The van der Waals surface area contributed by atoms with Crippen LogP contribution in [-0.4, -0.2) is 17.0 Å². The van der Waals surface area contributed by atoms with Gasteiger partial charge >= 0.3 is 5.97 Å². The van der Waals surface area contributed by atoms with E-state index >= 15 is 0 Å². The normalized spacial score (nSPS) is 12.0. The van der Waals surface area contributed by atoms with Crippen LogP contribution < -0.4 is 5.73 Å². The number of hydrogen-bond acceptors (Lipinski definition) is 2. The first-order valence-electron chi connectivity index (χ1n) is 19.8. The maximum absolute atomic E-state index is 12.1. The smallest absolute Gasteiger partial charge is 0.332 e. The Kier molecular flexibility index (Phi) is 33.5. The Bertz CT molecular complexity index is 616. The Morgan fingerprint density at radius 3 is 0.773 bits per heavy atom. The highest BCUT2D eigenvalue weighted by Crippen LogP contribution is 2.21. The van der Waals surface area contributed by atoms with Gasteiger partial charge in [-0.15, -0.1) is 0 Å². The van der Waals surface area contributed by atoms with Crippen LogP contribution >= 0.6 is 0 Å². The van der Waals surface area contributed by atoms with E-state index in [4.69, 9.17) is 5.73 Å². The van der Waals surface area contributed by atoms with Gasteiger partial charge in [0.1, 0.15) is 0 Å². The van der Waals surface area contributed by atoms with Gasteiger partial charge in [-0.05, 0) is 25.7 Å². The molecule has 0 spiro atoms. The number of unbranched alkanes of at least 4 members (excludes halogenated alkanes) is 30.